The molecular weight excluding hydrogens is 318 g/mol. The van der Waals surface area contributed by atoms with Gasteiger partial charge in [0.1, 0.15) is 0 Å². The number of hydrogen-bond donors (Lipinski definition) is 1. The lowest BCUT2D eigenvalue weighted by Gasteiger charge is -2.13. The average Bonchev–Trinajstić information content (AvgIpc) is 2.58. The van der Waals surface area contributed by atoms with E-state index >= 15 is 0 Å². The van der Waals surface area contributed by atoms with Crippen LogP contribution in [0.5, 0.6) is 17.2 Å². The Labute approximate surface area is 140 Å². The molecule has 6 heteroatoms. The third kappa shape index (κ3) is 4.53. The third-order valence-electron chi connectivity index (χ3n) is 3.16. The summed E-state index contributed by atoms with van der Waals surface area (Å²) in [6.45, 7) is 0.213. The Morgan fingerprint density at radius 2 is 1.78 bits per heavy atom. The minimum Gasteiger partial charge on any atom is -0.493 e. The molecule has 0 bridgehead atoms. The van der Waals surface area contributed by atoms with Crippen molar-refractivity contribution in [1.29, 1.82) is 0 Å². The number of carbonyl (C=O) groups is 1. The molecule has 0 heterocycles. The van der Waals surface area contributed by atoms with E-state index in [1.54, 1.807) is 24.3 Å². The first kappa shape index (κ1) is 17.0. The average molecular weight is 336 g/mol. The van der Waals surface area contributed by atoms with E-state index in [0.29, 0.717) is 28.8 Å². The van der Waals surface area contributed by atoms with Crippen LogP contribution in [0.3, 0.4) is 0 Å². The highest BCUT2D eigenvalue weighted by molar-refractivity contribution is 6.31. The molecule has 0 aliphatic carbocycles. The summed E-state index contributed by atoms with van der Waals surface area (Å²) < 4.78 is 15.9. The Bertz CT molecular complexity index is 675. The van der Waals surface area contributed by atoms with Gasteiger partial charge in [-0.2, -0.15) is 0 Å². The zero-order chi connectivity index (χ0) is 16.7. The summed E-state index contributed by atoms with van der Waals surface area (Å²) in [4.78, 5) is 11.9. The highest BCUT2D eigenvalue weighted by atomic mass is 35.5. The maximum absolute atomic E-state index is 11.9. The lowest BCUT2D eigenvalue weighted by atomic mass is 10.2. The smallest absolute Gasteiger partial charge is 0.258 e. The van der Waals surface area contributed by atoms with E-state index < -0.39 is 0 Å². The molecule has 0 spiro atoms. The molecule has 0 aliphatic rings. The van der Waals surface area contributed by atoms with Crippen molar-refractivity contribution < 1.29 is 19.0 Å². The third-order valence-corrected chi connectivity index (χ3v) is 3.53. The zero-order valence-corrected chi connectivity index (χ0v) is 13.7. The number of carbonyl (C=O) groups excluding carboxylic acids is 1. The number of nitrogens with one attached hydrogen (secondary N) is 1. The van der Waals surface area contributed by atoms with Gasteiger partial charge in [-0.25, -0.2) is 0 Å². The molecular formula is C17H18ClNO4. The highest BCUT2D eigenvalue weighted by Crippen LogP contribution is 2.36. The van der Waals surface area contributed by atoms with Gasteiger partial charge in [0.05, 0.1) is 14.2 Å². The second kappa shape index (κ2) is 8.29. The van der Waals surface area contributed by atoms with Crippen molar-refractivity contribution in [2.24, 2.45) is 0 Å². The predicted molar refractivity (Wildman–Crippen MR) is 88.3 cm³/mol. The van der Waals surface area contributed by atoms with Gasteiger partial charge >= 0.3 is 0 Å². The normalized spacial score (nSPS) is 10.0. The van der Waals surface area contributed by atoms with Gasteiger partial charge in [0.2, 0.25) is 5.75 Å². The Morgan fingerprint density at radius 3 is 2.48 bits per heavy atom. The van der Waals surface area contributed by atoms with Gasteiger partial charge in [-0.15, -0.1) is 0 Å². The lowest BCUT2D eigenvalue weighted by Crippen LogP contribution is -2.28. The first-order valence-electron chi connectivity index (χ1n) is 6.99. The number of hydrogen-bond acceptors (Lipinski definition) is 4. The molecule has 122 valence electrons. The maximum atomic E-state index is 11.9. The first-order valence-corrected chi connectivity index (χ1v) is 7.37. The minimum absolute atomic E-state index is 0.131. The van der Waals surface area contributed by atoms with Crippen LogP contribution < -0.4 is 19.5 Å². The van der Waals surface area contributed by atoms with Gasteiger partial charge in [-0.05, 0) is 23.8 Å². The fourth-order valence-electron chi connectivity index (χ4n) is 2.00. The lowest BCUT2D eigenvalue weighted by molar-refractivity contribution is -0.123. The summed E-state index contributed by atoms with van der Waals surface area (Å²) in [5, 5.41) is 3.37. The Hall–Kier alpha value is -2.40. The van der Waals surface area contributed by atoms with E-state index in [4.69, 9.17) is 25.8 Å². The SMILES string of the molecule is COc1cccc(OCC(=O)NCc2ccccc2Cl)c1OC. The number of benzene rings is 2. The first-order chi connectivity index (χ1) is 11.2. The molecule has 0 radical (unpaired) electrons. The quantitative estimate of drug-likeness (QED) is 0.845. The Kier molecular flexibility index (Phi) is 6.11. The van der Waals surface area contributed by atoms with Gasteiger partial charge < -0.3 is 19.5 Å². The molecule has 2 rings (SSSR count). The van der Waals surface area contributed by atoms with Gasteiger partial charge in [0.15, 0.2) is 18.1 Å². The standard InChI is InChI=1S/C17H18ClNO4/c1-21-14-8-5-9-15(17(14)22-2)23-11-16(20)19-10-12-6-3-4-7-13(12)18/h3-9H,10-11H2,1-2H3,(H,19,20). The van der Waals surface area contributed by atoms with E-state index in [9.17, 15) is 4.79 Å². The molecule has 5 nitrogen and oxygen atoms in total. The van der Waals surface area contributed by atoms with Crippen LogP contribution in [0.15, 0.2) is 42.5 Å². The molecule has 1 N–H and O–H groups in total. The molecule has 0 unspecified atom stereocenters. The number of rotatable bonds is 7. The van der Waals surface area contributed by atoms with Crippen LogP contribution in [0.2, 0.25) is 5.02 Å². The van der Waals surface area contributed by atoms with E-state index in [0.717, 1.165) is 5.56 Å². The van der Waals surface area contributed by atoms with Crippen molar-refractivity contribution in [3.63, 3.8) is 0 Å². The fraction of sp³-hybridized carbons (Fsp3) is 0.235. The largest absolute Gasteiger partial charge is 0.493 e. The van der Waals surface area contributed by atoms with Crippen molar-refractivity contribution >= 4 is 17.5 Å². The van der Waals surface area contributed by atoms with Crippen LogP contribution >= 0.6 is 11.6 Å². The fourth-order valence-corrected chi connectivity index (χ4v) is 2.20. The van der Waals surface area contributed by atoms with Crippen molar-refractivity contribution in [2.45, 2.75) is 6.54 Å². The van der Waals surface area contributed by atoms with Gasteiger partial charge in [-0.1, -0.05) is 35.9 Å². The number of ether oxygens (including phenoxy) is 3. The molecule has 0 aromatic heterocycles. The molecule has 0 saturated heterocycles. The summed E-state index contributed by atoms with van der Waals surface area (Å²) in [5.41, 5.74) is 0.849. The molecule has 2 aromatic carbocycles. The minimum atomic E-state index is -0.255. The summed E-state index contributed by atoms with van der Waals surface area (Å²) in [7, 11) is 3.06. The Balaban J connectivity index is 1.91. The summed E-state index contributed by atoms with van der Waals surface area (Å²) in [6.07, 6.45) is 0. The highest BCUT2D eigenvalue weighted by Gasteiger charge is 2.12. The van der Waals surface area contributed by atoms with E-state index in [2.05, 4.69) is 5.32 Å². The summed E-state index contributed by atoms with van der Waals surface area (Å²) in [5.74, 6) is 1.19. The van der Waals surface area contributed by atoms with E-state index in [-0.39, 0.29) is 12.5 Å². The number of amides is 1. The topological polar surface area (TPSA) is 56.8 Å². The van der Waals surface area contributed by atoms with Crippen molar-refractivity contribution in [3.05, 3.63) is 53.1 Å². The second-order valence-corrected chi connectivity index (χ2v) is 5.06. The van der Waals surface area contributed by atoms with Gasteiger partial charge in [0.25, 0.3) is 5.91 Å². The summed E-state index contributed by atoms with van der Waals surface area (Å²) >= 11 is 6.04. The molecule has 23 heavy (non-hydrogen) atoms. The molecule has 2 aromatic rings. The molecule has 0 aliphatic heterocycles. The maximum Gasteiger partial charge on any atom is 0.258 e. The molecule has 0 atom stereocenters. The monoisotopic (exact) mass is 335 g/mol. The second-order valence-electron chi connectivity index (χ2n) is 4.65. The molecule has 0 saturated carbocycles. The van der Waals surface area contributed by atoms with Crippen molar-refractivity contribution in [3.8, 4) is 17.2 Å². The van der Waals surface area contributed by atoms with Crippen molar-refractivity contribution in [1.82, 2.24) is 5.32 Å². The molecule has 0 fully saturated rings. The van der Waals surface area contributed by atoms with Crippen LogP contribution in [-0.2, 0) is 11.3 Å². The van der Waals surface area contributed by atoms with E-state index in [1.165, 1.54) is 14.2 Å². The van der Waals surface area contributed by atoms with Gasteiger partial charge in [-0.3, -0.25) is 4.79 Å². The number of para-hydroxylation sites is 1. The van der Waals surface area contributed by atoms with Gasteiger partial charge in [0, 0.05) is 11.6 Å². The van der Waals surface area contributed by atoms with Crippen molar-refractivity contribution in [2.75, 3.05) is 20.8 Å². The van der Waals surface area contributed by atoms with Crippen LogP contribution in [0.25, 0.3) is 0 Å². The Morgan fingerprint density at radius 1 is 1.04 bits per heavy atom. The number of methoxy groups -OCH3 is 2. The number of halogens is 1. The predicted octanol–water partition coefficient (Wildman–Crippen LogP) is 3.05. The van der Waals surface area contributed by atoms with Crippen LogP contribution in [0.4, 0.5) is 0 Å². The van der Waals surface area contributed by atoms with Crippen LogP contribution in [0.1, 0.15) is 5.56 Å². The van der Waals surface area contributed by atoms with Crippen LogP contribution in [-0.4, -0.2) is 26.7 Å². The van der Waals surface area contributed by atoms with E-state index in [1.807, 2.05) is 18.2 Å². The zero-order valence-electron chi connectivity index (χ0n) is 13.0. The molecule has 1 amide bonds. The summed E-state index contributed by atoms with van der Waals surface area (Å²) in [6, 6.07) is 12.6. The van der Waals surface area contributed by atoms with Crippen LogP contribution in [0, 0.1) is 0 Å².